The first-order valence-electron chi connectivity index (χ1n) is 4.59. The van der Waals surface area contributed by atoms with Crippen molar-refractivity contribution in [3.05, 3.63) is 30.3 Å². The normalized spacial score (nSPS) is 10.7. The van der Waals surface area contributed by atoms with Crippen LogP contribution in [0.4, 0.5) is 0 Å². The molecule has 78 valence electrons. The summed E-state index contributed by atoms with van der Waals surface area (Å²) in [6.07, 6.45) is 0.221. The van der Waals surface area contributed by atoms with E-state index in [0.717, 1.165) is 0 Å². The van der Waals surface area contributed by atoms with Gasteiger partial charge >= 0.3 is 5.97 Å². The molecular formula is C11H10O2S2. The summed E-state index contributed by atoms with van der Waals surface area (Å²) in [4.78, 5) is 10.4. The molecule has 1 aromatic heterocycles. The van der Waals surface area contributed by atoms with Gasteiger partial charge in [-0.05, 0) is 17.5 Å². The van der Waals surface area contributed by atoms with Gasteiger partial charge in [0.1, 0.15) is 0 Å². The van der Waals surface area contributed by atoms with Crippen molar-refractivity contribution >= 4 is 39.2 Å². The Morgan fingerprint density at radius 3 is 2.93 bits per heavy atom. The summed E-state index contributed by atoms with van der Waals surface area (Å²) in [5.41, 5.74) is 0. The molecule has 0 aliphatic carbocycles. The minimum absolute atomic E-state index is 0.221. The van der Waals surface area contributed by atoms with Crippen LogP contribution in [0.25, 0.3) is 10.1 Å². The largest absolute Gasteiger partial charge is 0.481 e. The standard InChI is InChI=1S/C11H10O2S2/c12-10(13)5-6-14-11-7-8-3-1-2-4-9(8)15-11/h1-4,7H,5-6H2,(H,12,13). The Labute approximate surface area is 95.9 Å². The van der Waals surface area contributed by atoms with Crippen molar-refractivity contribution in [1.29, 1.82) is 0 Å². The van der Waals surface area contributed by atoms with Gasteiger partial charge in [0, 0.05) is 10.5 Å². The van der Waals surface area contributed by atoms with Crippen LogP contribution >= 0.6 is 23.1 Å². The smallest absolute Gasteiger partial charge is 0.304 e. The van der Waals surface area contributed by atoms with Gasteiger partial charge in [-0.1, -0.05) is 18.2 Å². The van der Waals surface area contributed by atoms with Gasteiger partial charge in [0.05, 0.1) is 10.6 Å². The zero-order valence-electron chi connectivity index (χ0n) is 7.97. The molecule has 2 aromatic rings. The molecule has 0 radical (unpaired) electrons. The molecule has 0 atom stereocenters. The number of rotatable bonds is 4. The highest BCUT2D eigenvalue weighted by Gasteiger charge is 2.03. The molecule has 0 aliphatic rings. The molecule has 1 heterocycles. The Hall–Kier alpha value is -1.00. The van der Waals surface area contributed by atoms with E-state index in [1.54, 1.807) is 23.1 Å². The highest BCUT2D eigenvalue weighted by Crippen LogP contribution is 2.32. The first-order chi connectivity index (χ1) is 7.25. The van der Waals surface area contributed by atoms with E-state index in [4.69, 9.17) is 5.11 Å². The highest BCUT2D eigenvalue weighted by molar-refractivity contribution is 8.01. The number of fused-ring (bicyclic) bond motifs is 1. The third-order valence-corrected chi connectivity index (χ3v) is 4.29. The minimum atomic E-state index is -0.733. The maximum atomic E-state index is 10.4. The fourth-order valence-electron chi connectivity index (χ4n) is 1.27. The van der Waals surface area contributed by atoms with Crippen molar-refractivity contribution in [3.63, 3.8) is 0 Å². The second-order valence-corrected chi connectivity index (χ2v) is 5.57. The predicted octanol–water partition coefficient (Wildman–Crippen LogP) is 3.47. The molecule has 0 fully saturated rings. The van der Waals surface area contributed by atoms with E-state index in [0.29, 0.717) is 5.75 Å². The van der Waals surface area contributed by atoms with E-state index in [2.05, 4.69) is 18.2 Å². The molecule has 0 amide bonds. The predicted molar refractivity (Wildman–Crippen MR) is 64.8 cm³/mol. The topological polar surface area (TPSA) is 37.3 Å². The molecular weight excluding hydrogens is 228 g/mol. The molecule has 1 N–H and O–H groups in total. The molecule has 0 unspecified atom stereocenters. The Morgan fingerprint density at radius 2 is 2.20 bits per heavy atom. The second kappa shape index (κ2) is 4.68. The SMILES string of the molecule is O=C(O)CCSc1cc2ccccc2s1. The highest BCUT2D eigenvalue weighted by atomic mass is 32.2. The van der Waals surface area contributed by atoms with Gasteiger partial charge < -0.3 is 5.11 Å². The van der Waals surface area contributed by atoms with Gasteiger partial charge in [-0.25, -0.2) is 0 Å². The van der Waals surface area contributed by atoms with Crippen molar-refractivity contribution in [1.82, 2.24) is 0 Å². The van der Waals surface area contributed by atoms with Crippen LogP contribution in [0.2, 0.25) is 0 Å². The van der Waals surface area contributed by atoms with Crippen molar-refractivity contribution < 1.29 is 9.90 Å². The summed E-state index contributed by atoms with van der Waals surface area (Å²) in [5.74, 6) is -0.0917. The Morgan fingerprint density at radius 1 is 1.40 bits per heavy atom. The maximum Gasteiger partial charge on any atom is 0.304 e. The molecule has 0 bridgehead atoms. The molecule has 0 saturated heterocycles. The molecule has 15 heavy (non-hydrogen) atoms. The molecule has 1 aromatic carbocycles. The maximum absolute atomic E-state index is 10.4. The van der Waals surface area contributed by atoms with Crippen LogP contribution in [0.15, 0.2) is 34.5 Å². The third kappa shape index (κ3) is 2.73. The molecule has 0 spiro atoms. The number of benzene rings is 1. The van der Waals surface area contributed by atoms with Crippen LogP contribution in [-0.4, -0.2) is 16.8 Å². The van der Waals surface area contributed by atoms with E-state index >= 15 is 0 Å². The minimum Gasteiger partial charge on any atom is -0.481 e. The zero-order valence-corrected chi connectivity index (χ0v) is 9.61. The van der Waals surface area contributed by atoms with Crippen LogP contribution < -0.4 is 0 Å². The van der Waals surface area contributed by atoms with Crippen LogP contribution in [0.3, 0.4) is 0 Å². The van der Waals surface area contributed by atoms with Crippen LogP contribution in [-0.2, 0) is 4.79 Å². The summed E-state index contributed by atoms with van der Waals surface area (Å²) in [7, 11) is 0. The van der Waals surface area contributed by atoms with E-state index in [-0.39, 0.29) is 6.42 Å². The van der Waals surface area contributed by atoms with Crippen molar-refractivity contribution in [2.45, 2.75) is 10.6 Å². The average Bonchev–Trinajstić information content (AvgIpc) is 2.59. The Kier molecular flexibility index (Phi) is 3.28. The molecule has 0 saturated carbocycles. The molecule has 0 aliphatic heterocycles. The summed E-state index contributed by atoms with van der Waals surface area (Å²) in [6.45, 7) is 0. The quantitative estimate of drug-likeness (QED) is 0.829. The van der Waals surface area contributed by atoms with E-state index in [1.165, 1.54) is 14.3 Å². The lowest BCUT2D eigenvalue weighted by molar-refractivity contribution is -0.136. The molecule has 4 heteroatoms. The number of carboxylic acid groups (broad SMARTS) is 1. The van der Waals surface area contributed by atoms with E-state index < -0.39 is 5.97 Å². The number of hydrogen-bond donors (Lipinski definition) is 1. The van der Waals surface area contributed by atoms with Crippen molar-refractivity contribution in [2.75, 3.05) is 5.75 Å². The lowest BCUT2D eigenvalue weighted by atomic mass is 10.3. The summed E-state index contributed by atoms with van der Waals surface area (Å²) < 4.78 is 2.45. The van der Waals surface area contributed by atoms with Gasteiger partial charge in [-0.3, -0.25) is 4.79 Å². The van der Waals surface area contributed by atoms with Gasteiger partial charge in [-0.2, -0.15) is 0 Å². The average molecular weight is 238 g/mol. The fraction of sp³-hybridized carbons (Fsp3) is 0.182. The van der Waals surface area contributed by atoms with Crippen LogP contribution in [0.1, 0.15) is 6.42 Å². The van der Waals surface area contributed by atoms with Gasteiger partial charge in [0.25, 0.3) is 0 Å². The third-order valence-electron chi connectivity index (χ3n) is 1.96. The van der Waals surface area contributed by atoms with E-state index in [1.807, 2.05) is 12.1 Å². The van der Waals surface area contributed by atoms with Crippen molar-refractivity contribution in [3.8, 4) is 0 Å². The lowest BCUT2D eigenvalue weighted by Crippen LogP contribution is -1.95. The van der Waals surface area contributed by atoms with Crippen molar-refractivity contribution in [2.24, 2.45) is 0 Å². The number of aliphatic carboxylic acids is 1. The van der Waals surface area contributed by atoms with Gasteiger partial charge in [0.2, 0.25) is 0 Å². The monoisotopic (exact) mass is 238 g/mol. The Balaban J connectivity index is 2.05. The first-order valence-corrected chi connectivity index (χ1v) is 6.39. The van der Waals surface area contributed by atoms with Gasteiger partial charge in [-0.15, -0.1) is 23.1 Å². The second-order valence-electron chi connectivity index (χ2n) is 3.10. The number of carboxylic acids is 1. The number of hydrogen-bond acceptors (Lipinski definition) is 3. The fourth-order valence-corrected chi connectivity index (χ4v) is 3.50. The summed E-state index contributed by atoms with van der Waals surface area (Å²) >= 11 is 3.33. The summed E-state index contributed by atoms with van der Waals surface area (Å²) in [5, 5.41) is 9.76. The summed E-state index contributed by atoms with van der Waals surface area (Å²) in [6, 6.07) is 10.3. The zero-order chi connectivity index (χ0) is 10.7. The number of thiophene rings is 1. The molecule has 2 rings (SSSR count). The van der Waals surface area contributed by atoms with Gasteiger partial charge in [0.15, 0.2) is 0 Å². The van der Waals surface area contributed by atoms with Crippen LogP contribution in [0, 0.1) is 0 Å². The van der Waals surface area contributed by atoms with E-state index in [9.17, 15) is 4.79 Å². The number of thioether (sulfide) groups is 1. The first kappa shape index (κ1) is 10.5. The lowest BCUT2D eigenvalue weighted by Gasteiger charge is -1.92. The Bertz CT molecular complexity index is 443. The molecule has 2 nitrogen and oxygen atoms in total. The number of carbonyl (C=O) groups is 1. The van der Waals surface area contributed by atoms with Crippen LogP contribution in [0.5, 0.6) is 0 Å².